The van der Waals surface area contributed by atoms with Crippen LogP contribution in [-0.2, 0) is 14.2 Å². The Balaban J connectivity index is 2.25. The molecule has 0 spiro atoms. The maximum atomic E-state index is 10.4. The minimum absolute atomic E-state index is 0.140. The summed E-state index contributed by atoms with van der Waals surface area (Å²) in [7, 11) is 0. The van der Waals surface area contributed by atoms with E-state index in [9.17, 15) is 10.2 Å². The van der Waals surface area contributed by atoms with Gasteiger partial charge in [0.1, 0.15) is 12.2 Å². The fourth-order valence-corrected chi connectivity index (χ4v) is 5.41. The molecule has 4 atom stereocenters. The molecule has 0 amide bonds. The topological polar surface area (TPSA) is 68.2 Å². The van der Waals surface area contributed by atoms with Crippen LogP contribution < -0.4 is 0 Å². The molecule has 0 bridgehead atoms. The third-order valence-electron chi connectivity index (χ3n) is 7.23. The first-order valence-corrected chi connectivity index (χ1v) is 16.1. The van der Waals surface area contributed by atoms with Crippen molar-refractivity contribution < 1.29 is 24.4 Å². The summed E-state index contributed by atoms with van der Waals surface area (Å²) < 4.78 is 17.6. The smallest absolute Gasteiger partial charge is 0.160 e. The highest BCUT2D eigenvalue weighted by atomic mass is 32.1. The van der Waals surface area contributed by atoms with Gasteiger partial charge < -0.3 is 24.4 Å². The van der Waals surface area contributed by atoms with Crippen LogP contribution in [0.1, 0.15) is 142 Å². The number of thiocarbonyl (C=S) groups is 2. The van der Waals surface area contributed by atoms with Crippen LogP contribution in [0.2, 0.25) is 0 Å². The number of ether oxygens (including phenoxy) is 3. The number of hydrogen-bond donors (Lipinski definition) is 2. The van der Waals surface area contributed by atoms with E-state index in [2.05, 4.69) is 13.8 Å². The molecule has 1 rings (SSSR count). The number of aliphatic hydroxyl groups is 2. The van der Waals surface area contributed by atoms with Gasteiger partial charge in [-0.25, -0.2) is 0 Å². The molecule has 1 fully saturated rings. The van der Waals surface area contributed by atoms with Crippen LogP contribution in [0.4, 0.5) is 0 Å². The van der Waals surface area contributed by atoms with E-state index in [1.54, 1.807) is 0 Å². The molecular weight excluding hydrogens is 504 g/mol. The van der Waals surface area contributed by atoms with Gasteiger partial charge in [0, 0.05) is 12.8 Å². The van der Waals surface area contributed by atoms with E-state index in [1.807, 2.05) is 0 Å². The van der Waals surface area contributed by atoms with E-state index in [4.69, 9.17) is 38.6 Å². The summed E-state index contributed by atoms with van der Waals surface area (Å²) in [6.07, 6.45) is 21.2. The molecule has 0 aliphatic carbocycles. The average molecular weight is 561 g/mol. The zero-order chi connectivity index (χ0) is 27.1. The van der Waals surface area contributed by atoms with Crippen LogP contribution in [0.25, 0.3) is 0 Å². The Morgan fingerprint density at radius 1 is 0.730 bits per heavy atom. The van der Waals surface area contributed by atoms with E-state index in [-0.39, 0.29) is 13.2 Å². The van der Waals surface area contributed by atoms with Gasteiger partial charge in [0.15, 0.2) is 22.3 Å². The molecule has 7 heteroatoms. The van der Waals surface area contributed by atoms with Crippen molar-refractivity contribution in [1.82, 2.24) is 0 Å². The average Bonchev–Trinajstić information content (AvgIpc) is 3.24. The third-order valence-corrected chi connectivity index (χ3v) is 7.83. The van der Waals surface area contributed by atoms with Crippen LogP contribution in [0.3, 0.4) is 0 Å². The Morgan fingerprint density at radius 3 is 1.62 bits per heavy atom. The monoisotopic (exact) mass is 560 g/mol. The van der Waals surface area contributed by atoms with Crippen molar-refractivity contribution in [2.24, 2.45) is 0 Å². The summed E-state index contributed by atoms with van der Waals surface area (Å²) >= 11 is 10.9. The molecule has 0 aromatic heterocycles. The number of rotatable bonds is 24. The Labute approximate surface area is 238 Å². The quantitative estimate of drug-likeness (QED) is 0.0915. The van der Waals surface area contributed by atoms with E-state index in [1.165, 1.54) is 89.9 Å². The third kappa shape index (κ3) is 17.1. The highest BCUT2D eigenvalue weighted by Gasteiger charge is 2.44. The van der Waals surface area contributed by atoms with Crippen molar-refractivity contribution in [2.75, 3.05) is 13.2 Å². The molecule has 1 saturated heterocycles. The lowest BCUT2D eigenvalue weighted by atomic mass is 10.1. The van der Waals surface area contributed by atoms with Gasteiger partial charge in [-0.1, -0.05) is 117 Å². The fourth-order valence-electron chi connectivity index (χ4n) is 4.89. The summed E-state index contributed by atoms with van der Waals surface area (Å²) in [5, 5.41) is 21.4. The van der Waals surface area contributed by atoms with Gasteiger partial charge in [0.05, 0.1) is 13.2 Å². The number of hydrogen-bond acceptors (Lipinski definition) is 7. The van der Waals surface area contributed by atoms with E-state index >= 15 is 0 Å². The van der Waals surface area contributed by atoms with Crippen molar-refractivity contribution in [1.29, 1.82) is 0 Å². The molecule has 0 aromatic carbocycles. The fraction of sp³-hybridized carbons (Fsp3) is 0.933. The molecule has 1 aliphatic rings. The van der Waals surface area contributed by atoms with Crippen LogP contribution in [0.5, 0.6) is 0 Å². The second kappa shape index (κ2) is 23.5. The van der Waals surface area contributed by atoms with Crippen LogP contribution >= 0.6 is 24.4 Å². The summed E-state index contributed by atoms with van der Waals surface area (Å²) in [4.78, 5) is 0. The molecule has 218 valence electrons. The second-order valence-corrected chi connectivity index (χ2v) is 11.6. The van der Waals surface area contributed by atoms with Gasteiger partial charge in [-0.15, -0.1) is 0 Å². The molecule has 5 nitrogen and oxygen atoms in total. The lowest BCUT2D eigenvalue weighted by Crippen LogP contribution is -2.45. The van der Waals surface area contributed by atoms with Crippen molar-refractivity contribution in [2.45, 2.75) is 167 Å². The van der Waals surface area contributed by atoms with E-state index < -0.39 is 24.4 Å². The zero-order valence-corrected chi connectivity index (χ0v) is 25.4. The van der Waals surface area contributed by atoms with Gasteiger partial charge in [0.2, 0.25) is 0 Å². The van der Waals surface area contributed by atoms with Crippen LogP contribution in [-0.4, -0.2) is 57.9 Å². The Morgan fingerprint density at radius 2 is 1.16 bits per heavy atom. The van der Waals surface area contributed by atoms with E-state index in [0.29, 0.717) is 22.9 Å². The Hall–Kier alpha value is -0.340. The van der Waals surface area contributed by atoms with Gasteiger partial charge in [-0.05, 0) is 37.3 Å². The summed E-state index contributed by atoms with van der Waals surface area (Å²) in [5.41, 5.74) is 0. The van der Waals surface area contributed by atoms with Crippen molar-refractivity contribution in [3.8, 4) is 0 Å². The largest absolute Gasteiger partial charge is 0.479 e. The van der Waals surface area contributed by atoms with Crippen molar-refractivity contribution in [3.05, 3.63) is 0 Å². The van der Waals surface area contributed by atoms with Crippen LogP contribution in [0.15, 0.2) is 0 Å². The second-order valence-electron chi connectivity index (χ2n) is 10.7. The summed E-state index contributed by atoms with van der Waals surface area (Å²) in [5.74, 6) is 0. The minimum Gasteiger partial charge on any atom is -0.479 e. The zero-order valence-electron chi connectivity index (χ0n) is 23.8. The SMILES string of the molecule is CCCCCCCCCCCC(=S)O[C@@H]1[C@H]([C@@H](CO)OC(=S)CCCCCCCCCCC)OC[C@@H]1O. The van der Waals surface area contributed by atoms with E-state index in [0.717, 1.165) is 25.7 Å². The maximum absolute atomic E-state index is 10.4. The standard InChI is InChI=1S/C30H56O5S2/c1-3-5-7-9-11-13-15-17-19-21-27(36)34-26(23-31)30-29(25(32)24-33-30)35-28(37)22-20-18-16-14-12-10-8-6-4-2/h25-26,29-32H,3-24H2,1-2H3/t25-,26+,29-,30-/m0/s1. The highest BCUT2D eigenvalue weighted by molar-refractivity contribution is 7.80. The summed E-state index contributed by atoms with van der Waals surface area (Å²) in [6.45, 7) is 4.38. The Bertz CT molecular complexity index is 574. The first kappa shape index (κ1) is 34.7. The minimum atomic E-state index is -0.797. The molecule has 0 aromatic rings. The molecule has 37 heavy (non-hydrogen) atoms. The molecular formula is C30H56O5S2. The van der Waals surface area contributed by atoms with Crippen molar-refractivity contribution in [3.63, 3.8) is 0 Å². The first-order chi connectivity index (χ1) is 18.0. The van der Waals surface area contributed by atoms with Crippen molar-refractivity contribution >= 4 is 34.5 Å². The first-order valence-electron chi connectivity index (χ1n) is 15.3. The van der Waals surface area contributed by atoms with Gasteiger partial charge in [-0.2, -0.15) is 0 Å². The molecule has 1 heterocycles. The molecule has 0 radical (unpaired) electrons. The Kier molecular flexibility index (Phi) is 22.1. The molecule has 2 N–H and O–H groups in total. The van der Waals surface area contributed by atoms with Crippen LogP contribution in [0, 0.1) is 0 Å². The maximum Gasteiger partial charge on any atom is 0.160 e. The van der Waals surface area contributed by atoms with Gasteiger partial charge in [0.25, 0.3) is 0 Å². The lowest BCUT2D eigenvalue weighted by molar-refractivity contribution is -0.0577. The normalized spacial score (nSPS) is 20.2. The molecule has 0 saturated carbocycles. The highest BCUT2D eigenvalue weighted by Crippen LogP contribution is 2.25. The van der Waals surface area contributed by atoms with Gasteiger partial charge in [-0.3, -0.25) is 0 Å². The number of aliphatic hydroxyl groups excluding tert-OH is 2. The predicted molar refractivity (Wildman–Crippen MR) is 161 cm³/mol. The summed E-state index contributed by atoms with van der Waals surface area (Å²) in [6, 6.07) is 0. The molecule has 1 aliphatic heterocycles. The lowest BCUT2D eigenvalue weighted by Gasteiger charge is -2.28. The van der Waals surface area contributed by atoms with Gasteiger partial charge >= 0.3 is 0 Å². The number of unbranched alkanes of at least 4 members (excludes halogenated alkanes) is 16. The predicted octanol–water partition coefficient (Wildman–Crippen LogP) is 8.01. The molecule has 0 unspecified atom stereocenters.